The molecule has 84 valence electrons. The molecule has 0 aromatic heterocycles. The average Bonchev–Trinajstić information content (AvgIpc) is 2.16. The SMILES string of the molecule is CC1(C)C=C2CCCCC2(C(=O)O)CC1. The van der Waals surface area contributed by atoms with E-state index in [1.54, 1.807) is 0 Å². The van der Waals surface area contributed by atoms with Crippen LogP contribution < -0.4 is 0 Å². The molecule has 1 saturated carbocycles. The summed E-state index contributed by atoms with van der Waals surface area (Å²) in [5.74, 6) is -0.594. The first-order valence-electron chi connectivity index (χ1n) is 5.92. The van der Waals surface area contributed by atoms with Crippen LogP contribution in [-0.2, 0) is 4.79 Å². The lowest BCUT2D eigenvalue weighted by Crippen LogP contribution is -2.40. The number of carbonyl (C=O) groups is 1. The standard InChI is InChI=1S/C13H20O2/c1-12(2)7-8-13(11(14)15)6-4-3-5-10(13)9-12/h9H,3-8H2,1-2H3,(H,14,15). The molecule has 2 rings (SSSR count). The molecule has 0 saturated heterocycles. The minimum atomic E-state index is -0.594. The Hall–Kier alpha value is -0.790. The van der Waals surface area contributed by atoms with Crippen LogP contribution in [0.1, 0.15) is 52.4 Å². The van der Waals surface area contributed by atoms with Crippen LogP contribution in [0.5, 0.6) is 0 Å². The zero-order chi connectivity index (χ0) is 11.1. The van der Waals surface area contributed by atoms with Gasteiger partial charge in [0.15, 0.2) is 0 Å². The molecule has 0 aliphatic heterocycles. The summed E-state index contributed by atoms with van der Waals surface area (Å²) in [6.07, 6.45) is 8.16. The summed E-state index contributed by atoms with van der Waals surface area (Å²) in [6, 6.07) is 0. The Morgan fingerprint density at radius 2 is 2.00 bits per heavy atom. The van der Waals surface area contributed by atoms with Gasteiger partial charge in [-0.05, 0) is 37.5 Å². The Labute approximate surface area is 91.4 Å². The van der Waals surface area contributed by atoms with Crippen LogP contribution in [0.3, 0.4) is 0 Å². The highest BCUT2D eigenvalue weighted by atomic mass is 16.4. The first-order valence-corrected chi connectivity index (χ1v) is 5.92. The molecule has 0 radical (unpaired) electrons. The van der Waals surface area contributed by atoms with Crippen molar-refractivity contribution in [3.05, 3.63) is 11.6 Å². The molecule has 2 nitrogen and oxygen atoms in total. The highest BCUT2D eigenvalue weighted by Gasteiger charge is 2.46. The van der Waals surface area contributed by atoms with Crippen molar-refractivity contribution in [3.63, 3.8) is 0 Å². The Morgan fingerprint density at radius 1 is 1.27 bits per heavy atom. The van der Waals surface area contributed by atoms with E-state index in [0.717, 1.165) is 38.5 Å². The minimum Gasteiger partial charge on any atom is -0.481 e. The van der Waals surface area contributed by atoms with E-state index in [2.05, 4.69) is 19.9 Å². The molecule has 0 heterocycles. The van der Waals surface area contributed by atoms with E-state index in [4.69, 9.17) is 0 Å². The summed E-state index contributed by atoms with van der Waals surface area (Å²) in [4.78, 5) is 11.5. The van der Waals surface area contributed by atoms with E-state index in [0.29, 0.717) is 0 Å². The van der Waals surface area contributed by atoms with E-state index >= 15 is 0 Å². The lowest BCUT2D eigenvalue weighted by atomic mass is 9.60. The van der Waals surface area contributed by atoms with Gasteiger partial charge in [-0.1, -0.05) is 31.9 Å². The number of fused-ring (bicyclic) bond motifs is 1. The van der Waals surface area contributed by atoms with Crippen molar-refractivity contribution in [2.45, 2.75) is 52.4 Å². The molecule has 1 unspecified atom stereocenters. The van der Waals surface area contributed by atoms with Crippen LogP contribution in [0.2, 0.25) is 0 Å². The summed E-state index contributed by atoms with van der Waals surface area (Å²) in [5, 5.41) is 9.45. The lowest BCUT2D eigenvalue weighted by Gasteiger charge is -2.43. The molecular weight excluding hydrogens is 188 g/mol. The Kier molecular flexibility index (Phi) is 2.40. The van der Waals surface area contributed by atoms with E-state index in [9.17, 15) is 9.90 Å². The maximum Gasteiger partial charge on any atom is 0.313 e. The molecule has 0 aromatic carbocycles. The molecule has 2 aliphatic rings. The predicted octanol–water partition coefficient (Wildman–Crippen LogP) is 3.38. The third kappa shape index (κ3) is 1.70. The molecule has 0 aromatic rings. The zero-order valence-electron chi connectivity index (χ0n) is 9.68. The van der Waals surface area contributed by atoms with Gasteiger partial charge in [0.2, 0.25) is 0 Å². The fourth-order valence-corrected chi connectivity index (χ4v) is 3.07. The van der Waals surface area contributed by atoms with Gasteiger partial charge < -0.3 is 5.11 Å². The number of hydrogen-bond donors (Lipinski definition) is 1. The second-order valence-electron chi connectivity index (χ2n) is 5.75. The van der Waals surface area contributed by atoms with E-state index < -0.39 is 11.4 Å². The van der Waals surface area contributed by atoms with Crippen molar-refractivity contribution in [1.82, 2.24) is 0 Å². The van der Waals surface area contributed by atoms with Crippen molar-refractivity contribution >= 4 is 5.97 Å². The van der Waals surface area contributed by atoms with Crippen LogP contribution in [0, 0.1) is 10.8 Å². The summed E-state index contributed by atoms with van der Waals surface area (Å²) in [7, 11) is 0. The van der Waals surface area contributed by atoms with Crippen LogP contribution >= 0.6 is 0 Å². The number of carboxylic acid groups (broad SMARTS) is 1. The molecule has 1 fully saturated rings. The number of aliphatic carboxylic acids is 1. The predicted molar refractivity (Wildman–Crippen MR) is 59.6 cm³/mol. The number of carboxylic acids is 1. The summed E-state index contributed by atoms with van der Waals surface area (Å²) < 4.78 is 0. The van der Waals surface area contributed by atoms with Crippen LogP contribution in [0.25, 0.3) is 0 Å². The van der Waals surface area contributed by atoms with Gasteiger partial charge in [0, 0.05) is 0 Å². The van der Waals surface area contributed by atoms with Crippen molar-refractivity contribution in [1.29, 1.82) is 0 Å². The second-order valence-corrected chi connectivity index (χ2v) is 5.75. The van der Waals surface area contributed by atoms with Gasteiger partial charge in [0.05, 0.1) is 5.41 Å². The van der Waals surface area contributed by atoms with Crippen molar-refractivity contribution < 1.29 is 9.90 Å². The van der Waals surface area contributed by atoms with Gasteiger partial charge in [0.25, 0.3) is 0 Å². The molecule has 1 N–H and O–H groups in total. The van der Waals surface area contributed by atoms with Gasteiger partial charge in [0.1, 0.15) is 0 Å². The largest absolute Gasteiger partial charge is 0.481 e. The highest BCUT2D eigenvalue weighted by Crippen LogP contribution is 2.51. The van der Waals surface area contributed by atoms with Gasteiger partial charge in [-0.25, -0.2) is 0 Å². The fourth-order valence-electron chi connectivity index (χ4n) is 3.07. The third-order valence-electron chi connectivity index (χ3n) is 4.08. The quantitative estimate of drug-likeness (QED) is 0.671. The second kappa shape index (κ2) is 3.36. The van der Waals surface area contributed by atoms with Gasteiger partial charge in [-0.15, -0.1) is 0 Å². The average molecular weight is 208 g/mol. The first-order chi connectivity index (χ1) is 6.96. The van der Waals surface area contributed by atoms with Crippen LogP contribution in [0.15, 0.2) is 11.6 Å². The van der Waals surface area contributed by atoms with Gasteiger partial charge in [-0.2, -0.15) is 0 Å². The first kappa shape index (κ1) is 10.7. The molecule has 0 amide bonds. The number of hydrogen-bond acceptors (Lipinski definition) is 1. The molecule has 15 heavy (non-hydrogen) atoms. The normalized spacial score (nSPS) is 34.1. The van der Waals surface area contributed by atoms with Crippen molar-refractivity contribution in [2.75, 3.05) is 0 Å². The summed E-state index contributed by atoms with van der Waals surface area (Å²) in [6.45, 7) is 4.42. The smallest absolute Gasteiger partial charge is 0.313 e. The zero-order valence-corrected chi connectivity index (χ0v) is 9.68. The fraction of sp³-hybridized carbons (Fsp3) is 0.769. The lowest BCUT2D eigenvalue weighted by molar-refractivity contribution is -0.149. The van der Waals surface area contributed by atoms with Crippen LogP contribution in [0.4, 0.5) is 0 Å². The van der Waals surface area contributed by atoms with Crippen LogP contribution in [-0.4, -0.2) is 11.1 Å². The Morgan fingerprint density at radius 3 is 2.67 bits per heavy atom. The topological polar surface area (TPSA) is 37.3 Å². The van der Waals surface area contributed by atoms with Gasteiger partial charge >= 0.3 is 5.97 Å². The maximum atomic E-state index is 11.5. The maximum absolute atomic E-state index is 11.5. The van der Waals surface area contributed by atoms with E-state index in [1.807, 2.05) is 0 Å². The molecule has 0 bridgehead atoms. The highest BCUT2D eigenvalue weighted by molar-refractivity contribution is 5.79. The van der Waals surface area contributed by atoms with E-state index in [1.165, 1.54) is 5.57 Å². The molecule has 2 aliphatic carbocycles. The Balaban J connectivity index is 2.40. The molecule has 1 atom stereocenters. The van der Waals surface area contributed by atoms with Gasteiger partial charge in [-0.3, -0.25) is 4.79 Å². The Bertz CT molecular complexity index is 314. The molecule has 0 spiro atoms. The van der Waals surface area contributed by atoms with Crippen molar-refractivity contribution in [2.24, 2.45) is 10.8 Å². The minimum absolute atomic E-state index is 0.200. The van der Waals surface area contributed by atoms with E-state index in [-0.39, 0.29) is 5.41 Å². The number of allylic oxidation sites excluding steroid dienone is 1. The monoisotopic (exact) mass is 208 g/mol. The molecular formula is C13H20O2. The molecule has 2 heteroatoms. The summed E-state index contributed by atoms with van der Waals surface area (Å²) in [5.41, 5.74) is 0.914. The third-order valence-corrected chi connectivity index (χ3v) is 4.08. The summed E-state index contributed by atoms with van der Waals surface area (Å²) >= 11 is 0. The number of rotatable bonds is 1. The van der Waals surface area contributed by atoms with Crippen molar-refractivity contribution in [3.8, 4) is 0 Å².